The lowest BCUT2D eigenvalue weighted by molar-refractivity contribution is -0.128. The third kappa shape index (κ3) is 5.06. The van der Waals surface area contributed by atoms with Crippen molar-refractivity contribution in [1.29, 1.82) is 5.26 Å². The molecule has 9 heteroatoms. The van der Waals surface area contributed by atoms with E-state index in [9.17, 15) is 14.9 Å². The molecule has 6 rings (SSSR count). The van der Waals surface area contributed by atoms with Gasteiger partial charge in [-0.2, -0.15) is 15.2 Å². The zero-order valence-electron chi connectivity index (χ0n) is 24.7. The standard InChI is InChI=1S/C33H40N6O3/c1-4-28(40)39-17-16-38(20-24(39)12-14-34)31-27-11-13-33(18-22(2)26-10-6-5-8-23(26)19-33)30(41)29(27)35-32(36-31)42-21-25-9-7-15-37(25)3/h4-6,8,10,22,24-25H,1,7,9,11-13,15-21H2,2-3H3. The SMILES string of the molecule is C=CC(=O)N1CCN(c2nc(OCC3CCCN3C)nc3c2CCC2(Cc4ccccc4C(C)C2)C3=O)CC1CC#N. The van der Waals surface area contributed by atoms with Gasteiger partial charge < -0.3 is 19.4 Å². The smallest absolute Gasteiger partial charge is 0.319 e. The number of Topliss-reactive ketones (excluding diaryl/α,β-unsaturated/α-hetero) is 1. The Morgan fingerprint density at radius 3 is 2.83 bits per heavy atom. The summed E-state index contributed by atoms with van der Waals surface area (Å²) in [6.45, 7) is 8.81. The van der Waals surface area contributed by atoms with E-state index in [4.69, 9.17) is 14.7 Å². The van der Waals surface area contributed by atoms with Gasteiger partial charge in [-0.05, 0) is 75.2 Å². The zero-order valence-corrected chi connectivity index (χ0v) is 24.7. The van der Waals surface area contributed by atoms with Crippen molar-refractivity contribution in [2.75, 3.05) is 44.7 Å². The highest BCUT2D eigenvalue weighted by Gasteiger charge is 2.48. The highest BCUT2D eigenvalue weighted by Crippen LogP contribution is 2.50. The lowest BCUT2D eigenvalue weighted by atomic mass is 9.60. The highest BCUT2D eigenvalue weighted by molar-refractivity contribution is 6.02. The molecule has 0 bridgehead atoms. The molecule has 2 aromatic rings. The minimum atomic E-state index is -0.492. The number of rotatable bonds is 6. The zero-order chi connectivity index (χ0) is 29.4. The maximum absolute atomic E-state index is 14.5. The Labute approximate surface area is 248 Å². The van der Waals surface area contributed by atoms with Crippen LogP contribution in [0.2, 0.25) is 0 Å². The molecule has 4 atom stereocenters. The van der Waals surface area contributed by atoms with Gasteiger partial charge in [-0.15, -0.1) is 0 Å². The molecule has 1 spiro atoms. The Hall–Kier alpha value is -3.77. The van der Waals surface area contributed by atoms with Crippen molar-refractivity contribution in [3.05, 3.63) is 59.3 Å². The summed E-state index contributed by atoms with van der Waals surface area (Å²) in [7, 11) is 2.11. The van der Waals surface area contributed by atoms with Crippen LogP contribution in [0.5, 0.6) is 6.01 Å². The first-order chi connectivity index (χ1) is 20.3. The van der Waals surface area contributed by atoms with Crippen molar-refractivity contribution in [2.24, 2.45) is 5.41 Å². The van der Waals surface area contributed by atoms with Crippen LogP contribution in [0, 0.1) is 16.7 Å². The summed E-state index contributed by atoms with van der Waals surface area (Å²) in [6, 6.07) is 11.0. The van der Waals surface area contributed by atoms with E-state index in [-0.39, 0.29) is 36.1 Å². The third-order valence-corrected chi connectivity index (χ3v) is 9.97. The quantitative estimate of drug-likeness (QED) is 0.483. The van der Waals surface area contributed by atoms with Gasteiger partial charge in [0, 0.05) is 36.7 Å². The maximum atomic E-state index is 14.5. The number of hydrogen-bond donors (Lipinski definition) is 0. The number of amides is 1. The molecular formula is C33H40N6O3. The normalized spacial score (nSPS) is 27.4. The number of fused-ring (bicyclic) bond motifs is 2. The largest absolute Gasteiger partial charge is 0.462 e. The predicted octanol–water partition coefficient (Wildman–Crippen LogP) is 3.93. The van der Waals surface area contributed by atoms with Crippen LogP contribution < -0.4 is 9.64 Å². The number of aromatic nitrogens is 2. The number of anilines is 1. The van der Waals surface area contributed by atoms with Crippen LogP contribution in [0.15, 0.2) is 36.9 Å². The fourth-order valence-corrected chi connectivity index (χ4v) is 7.69. The van der Waals surface area contributed by atoms with Gasteiger partial charge in [0.2, 0.25) is 5.91 Å². The van der Waals surface area contributed by atoms with Crippen LogP contribution in [-0.4, -0.2) is 83.4 Å². The molecule has 9 nitrogen and oxygen atoms in total. The van der Waals surface area contributed by atoms with Crippen LogP contribution in [0.3, 0.4) is 0 Å². The molecule has 42 heavy (non-hydrogen) atoms. The number of likely N-dealkylation sites (tertiary alicyclic amines) is 1. The number of nitriles is 1. The minimum Gasteiger partial charge on any atom is -0.462 e. The lowest BCUT2D eigenvalue weighted by Gasteiger charge is -2.44. The Balaban J connectivity index is 1.36. The van der Waals surface area contributed by atoms with Gasteiger partial charge >= 0.3 is 6.01 Å². The van der Waals surface area contributed by atoms with E-state index in [1.54, 1.807) is 4.90 Å². The van der Waals surface area contributed by atoms with Crippen molar-refractivity contribution in [2.45, 2.75) is 69.9 Å². The number of nitrogens with zero attached hydrogens (tertiary/aromatic N) is 6. The number of hydrogen-bond acceptors (Lipinski definition) is 8. The fraction of sp³-hybridized carbons (Fsp3) is 0.545. The van der Waals surface area contributed by atoms with Crippen molar-refractivity contribution in [1.82, 2.24) is 19.8 Å². The van der Waals surface area contributed by atoms with Gasteiger partial charge in [0.15, 0.2) is 5.78 Å². The van der Waals surface area contributed by atoms with Gasteiger partial charge in [-0.25, -0.2) is 0 Å². The van der Waals surface area contributed by atoms with Crippen LogP contribution in [-0.2, 0) is 17.6 Å². The van der Waals surface area contributed by atoms with Crippen LogP contribution in [0.4, 0.5) is 5.82 Å². The Morgan fingerprint density at radius 1 is 1.24 bits per heavy atom. The van der Waals surface area contributed by atoms with E-state index in [1.165, 1.54) is 17.2 Å². The summed E-state index contributed by atoms with van der Waals surface area (Å²) < 4.78 is 6.24. The summed E-state index contributed by atoms with van der Waals surface area (Å²) in [5.41, 5.74) is 3.44. The molecule has 3 heterocycles. The third-order valence-electron chi connectivity index (χ3n) is 9.97. The monoisotopic (exact) mass is 568 g/mol. The van der Waals surface area contributed by atoms with E-state index in [0.717, 1.165) is 44.2 Å². The molecule has 4 unspecified atom stereocenters. The van der Waals surface area contributed by atoms with Crippen molar-refractivity contribution in [3.8, 4) is 12.1 Å². The first-order valence-corrected chi connectivity index (χ1v) is 15.2. The second kappa shape index (κ2) is 11.5. The summed E-state index contributed by atoms with van der Waals surface area (Å²) in [5.74, 6) is 0.909. The molecule has 4 aliphatic rings. The van der Waals surface area contributed by atoms with Gasteiger partial charge in [0.1, 0.15) is 18.1 Å². The fourth-order valence-electron chi connectivity index (χ4n) is 7.69. The molecule has 2 aliphatic heterocycles. The molecular weight excluding hydrogens is 528 g/mol. The lowest BCUT2D eigenvalue weighted by Crippen LogP contribution is -2.55. The van der Waals surface area contributed by atoms with E-state index in [1.807, 2.05) is 0 Å². The average molecular weight is 569 g/mol. The first kappa shape index (κ1) is 28.4. The maximum Gasteiger partial charge on any atom is 0.319 e. The Morgan fingerprint density at radius 2 is 2.07 bits per heavy atom. The highest BCUT2D eigenvalue weighted by atomic mass is 16.5. The molecule has 1 aromatic carbocycles. The molecule has 1 amide bonds. The number of benzene rings is 1. The second-order valence-electron chi connectivity index (χ2n) is 12.5. The van der Waals surface area contributed by atoms with Crippen molar-refractivity contribution in [3.63, 3.8) is 0 Å². The Bertz CT molecular complexity index is 1440. The molecule has 0 saturated carbocycles. The average Bonchev–Trinajstić information content (AvgIpc) is 3.42. The molecule has 0 N–H and O–H groups in total. The van der Waals surface area contributed by atoms with Crippen molar-refractivity contribution >= 4 is 17.5 Å². The first-order valence-electron chi connectivity index (χ1n) is 15.2. The van der Waals surface area contributed by atoms with E-state index < -0.39 is 5.41 Å². The molecule has 2 fully saturated rings. The van der Waals surface area contributed by atoms with Crippen LogP contribution >= 0.6 is 0 Å². The van der Waals surface area contributed by atoms with Gasteiger partial charge in [0.05, 0.1) is 18.5 Å². The minimum absolute atomic E-state index is 0.0885. The Kier molecular flexibility index (Phi) is 7.75. The topological polar surface area (TPSA) is 103 Å². The van der Waals surface area contributed by atoms with Gasteiger partial charge in [0.25, 0.3) is 0 Å². The number of piperazine rings is 1. The number of carbonyl (C=O) groups is 2. The van der Waals surface area contributed by atoms with Crippen LogP contribution in [0.1, 0.15) is 72.1 Å². The number of carbonyl (C=O) groups excluding carboxylic acids is 2. The molecule has 220 valence electrons. The van der Waals surface area contributed by atoms with Gasteiger partial charge in [-0.1, -0.05) is 37.8 Å². The summed E-state index contributed by atoms with van der Waals surface area (Å²) in [5, 5.41) is 9.52. The van der Waals surface area contributed by atoms with Crippen LogP contribution in [0.25, 0.3) is 0 Å². The molecule has 2 aliphatic carbocycles. The number of ketones is 1. The summed E-state index contributed by atoms with van der Waals surface area (Å²) >= 11 is 0. The number of ether oxygens (including phenoxy) is 1. The second-order valence-corrected chi connectivity index (χ2v) is 12.5. The molecule has 1 aromatic heterocycles. The summed E-state index contributed by atoms with van der Waals surface area (Å²) in [6.07, 6.45) is 6.68. The number of likely N-dealkylation sites (N-methyl/N-ethyl adjacent to an activating group) is 1. The molecule has 0 radical (unpaired) electrons. The van der Waals surface area contributed by atoms with Crippen molar-refractivity contribution < 1.29 is 14.3 Å². The van der Waals surface area contributed by atoms with E-state index in [0.29, 0.717) is 50.2 Å². The summed E-state index contributed by atoms with van der Waals surface area (Å²) in [4.78, 5) is 42.9. The molecule has 2 saturated heterocycles. The predicted molar refractivity (Wildman–Crippen MR) is 160 cm³/mol. The van der Waals surface area contributed by atoms with E-state index in [2.05, 4.69) is 60.7 Å². The van der Waals surface area contributed by atoms with Gasteiger partial charge in [-0.3, -0.25) is 9.59 Å². The van der Waals surface area contributed by atoms with E-state index >= 15 is 0 Å².